The minimum absolute atomic E-state index is 0.197. The van der Waals surface area contributed by atoms with Gasteiger partial charge >= 0.3 is 0 Å². The fraction of sp³-hybridized carbons (Fsp3) is 1.00. The van der Waals surface area contributed by atoms with Crippen molar-refractivity contribution in [3.05, 3.63) is 0 Å². The lowest BCUT2D eigenvalue weighted by atomic mass is 9.74. The molecule has 3 N–H and O–H groups in total. The Labute approximate surface area is 115 Å². The molecule has 2 aliphatic heterocycles. The number of nitrogens with two attached hydrogens (primary N) is 1. The van der Waals surface area contributed by atoms with E-state index in [2.05, 4.69) is 17.2 Å². The molecule has 3 nitrogen and oxygen atoms in total. The lowest BCUT2D eigenvalue weighted by Gasteiger charge is -2.42. The van der Waals surface area contributed by atoms with Crippen LogP contribution in [0.25, 0.3) is 0 Å². The molecule has 0 bridgehead atoms. The monoisotopic (exact) mass is 270 g/mol. The standard InChI is InChI=1S/C14H26N2OS/c15-16-13(8-11-2-1-3-11)12-4-6-17-14(9-12)5-7-18-10-14/h11-13,16H,1-10,15H2. The van der Waals surface area contributed by atoms with Crippen molar-refractivity contribution >= 4 is 11.8 Å². The normalized spacial score (nSPS) is 38.8. The summed E-state index contributed by atoms with van der Waals surface area (Å²) in [4.78, 5) is 0. The lowest BCUT2D eigenvalue weighted by Crippen LogP contribution is -2.49. The zero-order chi connectivity index (χ0) is 12.4. The highest BCUT2D eigenvalue weighted by Gasteiger charge is 2.42. The van der Waals surface area contributed by atoms with Gasteiger partial charge in [-0.05, 0) is 43.3 Å². The van der Waals surface area contributed by atoms with E-state index in [1.807, 2.05) is 0 Å². The average molecular weight is 270 g/mol. The van der Waals surface area contributed by atoms with Crippen LogP contribution in [-0.4, -0.2) is 29.8 Å². The topological polar surface area (TPSA) is 47.3 Å². The van der Waals surface area contributed by atoms with Crippen molar-refractivity contribution in [3.8, 4) is 0 Å². The van der Waals surface area contributed by atoms with Crippen molar-refractivity contribution in [1.82, 2.24) is 5.43 Å². The zero-order valence-corrected chi connectivity index (χ0v) is 12.0. The number of hydrogen-bond acceptors (Lipinski definition) is 4. The van der Waals surface area contributed by atoms with Gasteiger partial charge in [-0.25, -0.2) is 0 Å². The molecule has 4 heteroatoms. The van der Waals surface area contributed by atoms with Gasteiger partial charge in [0, 0.05) is 18.4 Å². The third-order valence-electron chi connectivity index (χ3n) is 5.19. The van der Waals surface area contributed by atoms with Gasteiger partial charge in [0.25, 0.3) is 0 Å². The Morgan fingerprint density at radius 3 is 2.89 bits per heavy atom. The quantitative estimate of drug-likeness (QED) is 0.608. The molecule has 2 heterocycles. The first-order valence-corrected chi connectivity index (χ1v) is 8.65. The largest absolute Gasteiger partial charge is 0.374 e. The maximum Gasteiger partial charge on any atom is 0.0783 e. The van der Waals surface area contributed by atoms with E-state index in [0.29, 0.717) is 6.04 Å². The number of hydrogen-bond donors (Lipinski definition) is 2. The number of thioether (sulfide) groups is 1. The van der Waals surface area contributed by atoms with Crippen molar-refractivity contribution in [1.29, 1.82) is 0 Å². The zero-order valence-electron chi connectivity index (χ0n) is 11.2. The van der Waals surface area contributed by atoms with Gasteiger partial charge in [0.15, 0.2) is 0 Å². The Morgan fingerprint density at radius 1 is 1.39 bits per heavy atom. The summed E-state index contributed by atoms with van der Waals surface area (Å²) in [7, 11) is 0. The lowest BCUT2D eigenvalue weighted by molar-refractivity contribution is -0.0867. The first-order valence-electron chi connectivity index (χ1n) is 7.49. The summed E-state index contributed by atoms with van der Waals surface area (Å²) in [6, 6.07) is 0.515. The summed E-state index contributed by atoms with van der Waals surface area (Å²) in [5.41, 5.74) is 3.31. The van der Waals surface area contributed by atoms with Gasteiger partial charge in [-0.3, -0.25) is 11.3 Å². The number of rotatable bonds is 4. The van der Waals surface area contributed by atoms with E-state index in [1.165, 1.54) is 56.5 Å². The Hall–Kier alpha value is 0.230. The van der Waals surface area contributed by atoms with E-state index in [9.17, 15) is 0 Å². The predicted molar refractivity (Wildman–Crippen MR) is 76.4 cm³/mol. The van der Waals surface area contributed by atoms with E-state index >= 15 is 0 Å². The predicted octanol–water partition coefficient (Wildman–Crippen LogP) is 2.31. The molecule has 18 heavy (non-hydrogen) atoms. The minimum Gasteiger partial charge on any atom is -0.374 e. The molecule has 1 spiro atoms. The molecular formula is C14H26N2OS. The third-order valence-corrected chi connectivity index (χ3v) is 6.42. The Kier molecular flexibility index (Phi) is 4.18. The molecule has 0 aromatic rings. The highest BCUT2D eigenvalue weighted by atomic mass is 32.2. The smallest absolute Gasteiger partial charge is 0.0783 e. The maximum absolute atomic E-state index is 6.11. The van der Waals surface area contributed by atoms with Crippen molar-refractivity contribution in [2.75, 3.05) is 18.1 Å². The number of hydrazine groups is 1. The van der Waals surface area contributed by atoms with Crippen molar-refractivity contribution in [3.63, 3.8) is 0 Å². The van der Waals surface area contributed by atoms with Crippen LogP contribution in [0.15, 0.2) is 0 Å². The van der Waals surface area contributed by atoms with Crippen LogP contribution < -0.4 is 11.3 Å². The molecule has 0 radical (unpaired) electrons. The van der Waals surface area contributed by atoms with E-state index in [-0.39, 0.29) is 5.60 Å². The molecule has 3 fully saturated rings. The van der Waals surface area contributed by atoms with Gasteiger partial charge in [0.2, 0.25) is 0 Å². The van der Waals surface area contributed by atoms with Crippen LogP contribution in [0.1, 0.15) is 44.9 Å². The van der Waals surface area contributed by atoms with E-state index in [4.69, 9.17) is 10.6 Å². The summed E-state index contributed by atoms with van der Waals surface area (Å²) in [5.74, 6) is 9.95. The van der Waals surface area contributed by atoms with Crippen LogP contribution >= 0.6 is 11.8 Å². The van der Waals surface area contributed by atoms with Crippen molar-refractivity contribution < 1.29 is 4.74 Å². The molecule has 3 aliphatic rings. The first-order chi connectivity index (χ1) is 8.81. The fourth-order valence-electron chi connectivity index (χ4n) is 3.76. The van der Waals surface area contributed by atoms with Gasteiger partial charge in [0.05, 0.1) is 5.60 Å². The molecule has 0 aromatic heterocycles. The molecule has 1 saturated carbocycles. The summed E-state index contributed by atoms with van der Waals surface area (Å²) < 4.78 is 6.11. The molecule has 3 rings (SSSR count). The fourth-order valence-corrected chi connectivity index (χ4v) is 5.13. The second-order valence-corrected chi connectivity index (χ2v) is 7.50. The number of ether oxygens (including phenoxy) is 1. The van der Waals surface area contributed by atoms with Crippen LogP contribution in [0.4, 0.5) is 0 Å². The second-order valence-electron chi connectivity index (χ2n) is 6.39. The summed E-state index contributed by atoms with van der Waals surface area (Å²) in [5, 5.41) is 0. The SMILES string of the molecule is NNC(CC1CCC1)C1CCOC2(CCSC2)C1. The minimum atomic E-state index is 0.197. The van der Waals surface area contributed by atoms with Crippen LogP contribution in [-0.2, 0) is 4.74 Å². The first kappa shape index (κ1) is 13.2. The number of nitrogens with one attached hydrogen (secondary N) is 1. The molecule has 0 aromatic carbocycles. The van der Waals surface area contributed by atoms with Crippen molar-refractivity contribution in [2.24, 2.45) is 17.7 Å². The maximum atomic E-state index is 6.11. The molecular weight excluding hydrogens is 244 g/mol. The van der Waals surface area contributed by atoms with Gasteiger partial charge in [-0.1, -0.05) is 19.3 Å². The van der Waals surface area contributed by atoms with E-state index in [1.54, 1.807) is 0 Å². The van der Waals surface area contributed by atoms with Crippen LogP contribution in [0, 0.1) is 11.8 Å². The van der Waals surface area contributed by atoms with Gasteiger partial charge in [-0.2, -0.15) is 11.8 Å². The highest BCUT2D eigenvalue weighted by Crippen LogP contribution is 2.42. The van der Waals surface area contributed by atoms with Gasteiger partial charge < -0.3 is 4.74 Å². The second kappa shape index (κ2) is 5.70. The Balaban J connectivity index is 1.58. The average Bonchev–Trinajstić information content (AvgIpc) is 2.76. The summed E-state index contributed by atoms with van der Waals surface area (Å²) >= 11 is 2.05. The molecule has 3 atom stereocenters. The van der Waals surface area contributed by atoms with Crippen LogP contribution in [0.5, 0.6) is 0 Å². The molecule has 104 valence electrons. The Bertz CT molecular complexity index is 277. The van der Waals surface area contributed by atoms with Gasteiger partial charge in [0.1, 0.15) is 0 Å². The van der Waals surface area contributed by atoms with Gasteiger partial charge in [-0.15, -0.1) is 0 Å². The highest BCUT2D eigenvalue weighted by molar-refractivity contribution is 7.99. The summed E-state index contributed by atoms with van der Waals surface area (Å²) in [6.45, 7) is 0.939. The summed E-state index contributed by atoms with van der Waals surface area (Å²) in [6.07, 6.45) is 9.20. The third kappa shape index (κ3) is 2.72. The molecule has 2 saturated heterocycles. The molecule has 0 amide bonds. The van der Waals surface area contributed by atoms with Crippen molar-refractivity contribution in [2.45, 2.75) is 56.6 Å². The Morgan fingerprint density at radius 2 is 2.28 bits per heavy atom. The molecule has 1 aliphatic carbocycles. The van der Waals surface area contributed by atoms with Crippen LogP contribution in [0.2, 0.25) is 0 Å². The molecule has 3 unspecified atom stereocenters. The van der Waals surface area contributed by atoms with E-state index in [0.717, 1.165) is 18.4 Å². The van der Waals surface area contributed by atoms with Crippen LogP contribution in [0.3, 0.4) is 0 Å². The van der Waals surface area contributed by atoms with E-state index < -0.39 is 0 Å².